The van der Waals surface area contributed by atoms with Crippen molar-refractivity contribution in [2.45, 2.75) is 44.7 Å². The van der Waals surface area contributed by atoms with E-state index >= 15 is 0 Å². The molecule has 0 amide bonds. The van der Waals surface area contributed by atoms with E-state index < -0.39 is 11.5 Å². The molecule has 1 saturated heterocycles. The standard InChI is InChI=1S/C14H20N2O2/c1-2-6-14(13(17)18)7-3-10-16(14)11-12-4-8-15-9-5-12/h4-5,8-9H,2-3,6-7,10-11H2,1H3,(H,17,18). The van der Waals surface area contributed by atoms with Gasteiger partial charge in [-0.2, -0.15) is 0 Å². The van der Waals surface area contributed by atoms with E-state index in [1.807, 2.05) is 19.1 Å². The molecule has 0 aromatic carbocycles. The fourth-order valence-corrected chi connectivity index (χ4v) is 2.92. The lowest BCUT2D eigenvalue weighted by atomic mass is 9.90. The summed E-state index contributed by atoms with van der Waals surface area (Å²) in [7, 11) is 0. The molecule has 1 N–H and O–H groups in total. The van der Waals surface area contributed by atoms with Crippen LogP contribution in [0, 0.1) is 0 Å². The highest BCUT2D eigenvalue weighted by molar-refractivity contribution is 5.79. The van der Waals surface area contributed by atoms with Crippen molar-refractivity contribution in [3.05, 3.63) is 30.1 Å². The van der Waals surface area contributed by atoms with Gasteiger partial charge in [0.15, 0.2) is 0 Å². The van der Waals surface area contributed by atoms with Crippen LogP contribution >= 0.6 is 0 Å². The number of aromatic nitrogens is 1. The summed E-state index contributed by atoms with van der Waals surface area (Å²) in [5, 5.41) is 9.59. The minimum Gasteiger partial charge on any atom is -0.480 e. The minimum atomic E-state index is -0.670. The van der Waals surface area contributed by atoms with E-state index in [-0.39, 0.29) is 0 Å². The van der Waals surface area contributed by atoms with E-state index in [9.17, 15) is 9.90 Å². The van der Waals surface area contributed by atoms with Gasteiger partial charge in [0.1, 0.15) is 5.54 Å². The molecule has 18 heavy (non-hydrogen) atoms. The first kappa shape index (κ1) is 13.0. The summed E-state index contributed by atoms with van der Waals surface area (Å²) in [4.78, 5) is 17.8. The Morgan fingerprint density at radius 3 is 2.83 bits per heavy atom. The van der Waals surface area contributed by atoms with Gasteiger partial charge in [0, 0.05) is 18.9 Å². The van der Waals surface area contributed by atoms with Gasteiger partial charge in [0.25, 0.3) is 0 Å². The van der Waals surface area contributed by atoms with Crippen molar-refractivity contribution in [2.75, 3.05) is 6.54 Å². The lowest BCUT2D eigenvalue weighted by molar-refractivity contribution is -0.150. The third-order valence-electron chi connectivity index (χ3n) is 3.81. The molecule has 2 rings (SSSR count). The van der Waals surface area contributed by atoms with Crippen molar-refractivity contribution in [3.8, 4) is 0 Å². The molecule has 4 nitrogen and oxygen atoms in total. The summed E-state index contributed by atoms with van der Waals surface area (Å²) in [6.45, 7) is 3.62. The molecular formula is C14H20N2O2. The molecule has 0 bridgehead atoms. The van der Waals surface area contributed by atoms with Crippen LogP contribution in [0.25, 0.3) is 0 Å². The van der Waals surface area contributed by atoms with Crippen molar-refractivity contribution in [2.24, 2.45) is 0 Å². The number of carboxylic acid groups (broad SMARTS) is 1. The van der Waals surface area contributed by atoms with Crippen LogP contribution in [0.4, 0.5) is 0 Å². The second kappa shape index (κ2) is 5.48. The molecule has 1 aliphatic rings. The lowest BCUT2D eigenvalue weighted by Gasteiger charge is -2.34. The van der Waals surface area contributed by atoms with E-state index in [1.165, 1.54) is 0 Å². The number of aliphatic carboxylic acids is 1. The highest BCUT2D eigenvalue weighted by atomic mass is 16.4. The van der Waals surface area contributed by atoms with Crippen molar-refractivity contribution < 1.29 is 9.90 Å². The molecule has 0 radical (unpaired) electrons. The minimum absolute atomic E-state index is 0.655. The van der Waals surface area contributed by atoms with Crippen LogP contribution in [0.15, 0.2) is 24.5 Å². The third kappa shape index (κ3) is 2.38. The number of likely N-dealkylation sites (tertiary alicyclic amines) is 1. The topological polar surface area (TPSA) is 53.4 Å². The van der Waals surface area contributed by atoms with Crippen LogP contribution in [-0.2, 0) is 11.3 Å². The quantitative estimate of drug-likeness (QED) is 0.868. The van der Waals surface area contributed by atoms with Crippen LogP contribution in [0.5, 0.6) is 0 Å². The van der Waals surface area contributed by atoms with Crippen LogP contribution in [0.1, 0.15) is 38.2 Å². The normalized spacial score (nSPS) is 24.3. The molecule has 0 aliphatic carbocycles. The summed E-state index contributed by atoms with van der Waals surface area (Å²) >= 11 is 0. The third-order valence-corrected chi connectivity index (χ3v) is 3.81. The molecule has 2 heterocycles. The molecule has 1 aromatic heterocycles. The maximum atomic E-state index is 11.7. The molecule has 0 spiro atoms. The second-order valence-electron chi connectivity index (χ2n) is 4.97. The molecule has 98 valence electrons. The Morgan fingerprint density at radius 1 is 1.50 bits per heavy atom. The maximum Gasteiger partial charge on any atom is 0.324 e. The van der Waals surface area contributed by atoms with Gasteiger partial charge in [-0.1, -0.05) is 13.3 Å². The summed E-state index contributed by atoms with van der Waals surface area (Å²) in [5.74, 6) is -0.670. The Bertz CT molecular complexity index is 408. The smallest absolute Gasteiger partial charge is 0.324 e. The van der Waals surface area contributed by atoms with Gasteiger partial charge in [-0.15, -0.1) is 0 Å². The van der Waals surface area contributed by atoms with Gasteiger partial charge < -0.3 is 5.11 Å². The van der Waals surface area contributed by atoms with Crippen LogP contribution in [0.2, 0.25) is 0 Å². The number of hydrogen-bond donors (Lipinski definition) is 1. The number of nitrogens with zero attached hydrogens (tertiary/aromatic N) is 2. The first-order chi connectivity index (χ1) is 8.69. The zero-order valence-corrected chi connectivity index (χ0v) is 10.8. The number of carbonyl (C=O) groups is 1. The molecule has 1 aromatic rings. The van der Waals surface area contributed by atoms with Gasteiger partial charge in [-0.05, 0) is 43.5 Å². The van der Waals surface area contributed by atoms with Gasteiger partial charge in [-0.3, -0.25) is 14.7 Å². The van der Waals surface area contributed by atoms with Crippen molar-refractivity contribution in [1.29, 1.82) is 0 Å². The van der Waals surface area contributed by atoms with Gasteiger partial charge in [0.2, 0.25) is 0 Å². The van der Waals surface area contributed by atoms with E-state index in [0.29, 0.717) is 6.54 Å². The number of rotatable bonds is 5. The predicted molar refractivity (Wildman–Crippen MR) is 69.2 cm³/mol. The number of hydrogen-bond acceptors (Lipinski definition) is 3. The average Bonchev–Trinajstić information content (AvgIpc) is 2.75. The highest BCUT2D eigenvalue weighted by Gasteiger charge is 2.46. The molecule has 1 fully saturated rings. The van der Waals surface area contributed by atoms with Crippen molar-refractivity contribution in [3.63, 3.8) is 0 Å². The molecule has 1 unspecified atom stereocenters. The monoisotopic (exact) mass is 248 g/mol. The van der Waals surface area contributed by atoms with Crippen molar-refractivity contribution >= 4 is 5.97 Å². The largest absolute Gasteiger partial charge is 0.480 e. The SMILES string of the molecule is CCCC1(C(=O)O)CCCN1Cc1ccncc1. The summed E-state index contributed by atoms with van der Waals surface area (Å²) in [6, 6.07) is 3.91. The summed E-state index contributed by atoms with van der Waals surface area (Å²) in [5.41, 5.74) is 0.478. The Hall–Kier alpha value is -1.42. The Kier molecular flexibility index (Phi) is 3.97. The summed E-state index contributed by atoms with van der Waals surface area (Å²) < 4.78 is 0. The second-order valence-corrected chi connectivity index (χ2v) is 4.97. The van der Waals surface area contributed by atoms with E-state index in [1.54, 1.807) is 12.4 Å². The fraction of sp³-hybridized carbons (Fsp3) is 0.571. The zero-order valence-electron chi connectivity index (χ0n) is 10.8. The fourth-order valence-electron chi connectivity index (χ4n) is 2.92. The molecule has 1 atom stereocenters. The zero-order chi connectivity index (χ0) is 13.0. The van der Waals surface area contributed by atoms with E-state index in [2.05, 4.69) is 9.88 Å². The maximum absolute atomic E-state index is 11.7. The molecule has 4 heteroatoms. The Balaban J connectivity index is 2.18. The van der Waals surface area contributed by atoms with Gasteiger partial charge in [0.05, 0.1) is 0 Å². The van der Waals surface area contributed by atoms with Gasteiger partial charge >= 0.3 is 5.97 Å². The lowest BCUT2D eigenvalue weighted by Crippen LogP contribution is -2.49. The average molecular weight is 248 g/mol. The molecule has 0 saturated carbocycles. The summed E-state index contributed by atoms with van der Waals surface area (Å²) in [6.07, 6.45) is 6.88. The van der Waals surface area contributed by atoms with Crippen LogP contribution in [-0.4, -0.2) is 33.0 Å². The van der Waals surface area contributed by atoms with E-state index in [0.717, 1.165) is 37.8 Å². The highest BCUT2D eigenvalue weighted by Crippen LogP contribution is 2.35. The first-order valence-electron chi connectivity index (χ1n) is 6.56. The Morgan fingerprint density at radius 2 is 2.22 bits per heavy atom. The van der Waals surface area contributed by atoms with Crippen LogP contribution in [0.3, 0.4) is 0 Å². The Labute approximate surface area is 108 Å². The van der Waals surface area contributed by atoms with Crippen molar-refractivity contribution in [1.82, 2.24) is 9.88 Å². The number of pyridine rings is 1. The first-order valence-corrected chi connectivity index (χ1v) is 6.56. The van der Waals surface area contributed by atoms with E-state index in [4.69, 9.17) is 0 Å². The molecular weight excluding hydrogens is 228 g/mol. The predicted octanol–water partition coefficient (Wildman–Crippen LogP) is 2.30. The molecule has 1 aliphatic heterocycles. The van der Waals surface area contributed by atoms with Crippen LogP contribution < -0.4 is 0 Å². The number of carboxylic acids is 1. The van der Waals surface area contributed by atoms with Gasteiger partial charge in [-0.25, -0.2) is 0 Å².